The van der Waals surface area contributed by atoms with Crippen molar-refractivity contribution in [1.29, 1.82) is 0 Å². The zero-order valence-corrected chi connectivity index (χ0v) is 9.44. The van der Waals surface area contributed by atoms with Crippen LogP contribution in [-0.4, -0.2) is 19.5 Å². The standard InChI is InChI=1S/C9H12N4OS/c1-3-4-13-7-6(10-5(2)11-7)8(15)12-9(13)14/h3-4H2,1-2H3,(H,10,11)(H,12,14,15). The molecule has 0 amide bonds. The minimum atomic E-state index is -0.194. The molecular formula is C9H12N4OS. The van der Waals surface area contributed by atoms with Gasteiger partial charge in [-0.25, -0.2) is 9.78 Å². The van der Waals surface area contributed by atoms with E-state index in [0.717, 1.165) is 17.8 Å². The summed E-state index contributed by atoms with van der Waals surface area (Å²) in [4.78, 5) is 21.6. The number of imidazole rings is 1. The third kappa shape index (κ3) is 1.61. The highest BCUT2D eigenvalue weighted by atomic mass is 32.1. The summed E-state index contributed by atoms with van der Waals surface area (Å²) in [5.41, 5.74) is 1.18. The van der Waals surface area contributed by atoms with Gasteiger partial charge in [-0.1, -0.05) is 19.1 Å². The van der Waals surface area contributed by atoms with E-state index in [1.807, 2.05) is 13.8 Å². The molecule has 0 aliphatic heterocycles. The van der Waals surface area contributed by atoms with Crippen molar-refractivity contribution < 1.29 is 0 Å². The number of hydrogen-bond donors (Lipinski definition) is 2. The molecule has 5 nitrogen and oxygen atoms in total. The maximum Gasteiger partial charge on any atom is 0.328 e. The molecule has 2 rings (SSSR count). The summed E-state index contributed by atoms with van der Waals surface area (Å²) >= 11 is 5.06. The van der Waals surface area contributed by atoms with Crippen molar-refractivity contribution in [3.8, 4) is 0 Å². The summed E-state index contributed by atoms with van der Waals surface area (Å²) in [7, 11) is 0. The summed E-state index contributed by atoms with van der Waals surface area (Å²) < 4.78 is 2.03. The highest BCUT2D eigenvalue weighted by Crippen LogP contribution is 2.09. The molecule has 0 bridgehead atoms. The zero-order valence-electron chi connectivity index (χ0n) is 8.63. The first kappa shape index (κ1) is 10.1. The summed E-state index contributed by atoms with van der Waals surface area (Å²) in [6.07, 6.45) is 0.880. The molecule has 0 spiro atoms. The monoisotopic (exact) mass is 224 g/mol. The van der Waals surface area contributed by atoms with Crippen molar-refractivity contribution in [3.05, 3.63) is 20.9 Å². The number of H-pyrrole nitrogens is 2. The van der Waals surface area contributed by atoms with Gasteiger partial charge in [-0.05, 0) is 13.3 Å². The minimum Gasteiger partial charge on any atom is -0.338 e. The van der Waals surface area contributed by atoms with Crippen LogP contribution < -0.4 is 5.69 Å². The average Bonchev–Trinajstić information content (AvgIpc) is 2.55. The molecule has 0 fully saturated rings. The van der Waals surface area contributed by atoms with E-state index in [1.165, 1.54) is 0 Å². The van der Waals surface area contributed by atoms with Crippen LogP contribution in [-0.2, 0) is 6.54 Å². The Labute approximate surface area is 91.2 Å². The Bertz CT molecular complexity index is 607. The van der Waals surface area contributed by atoms with Crippen LogP contribution >= 0.6 is 12.2 Å². The lowest BCUT2D eigenvalue weighted by molar-refractivity contribution is 0.654. The lowest BCUT2D eigenvalue weighted by Crippen LogP contribution is -2.23. The summed E-state index contributed by atoms with van der Waals surface area (Å²) in [6.45, 7) is 4.50. The number of hydrogen-bond acceptors (Lipinski definition) is 3. The largest absolute Gasteiger partial charge is 0.338 e. The Balaban J connectivity index is 2.89. The smallest absolute Gasteiger partial charge is 0.328 e. The van der Waals surface area contributed by atoms with Crippen molar-refractivity contribution in [1.82, 2.24) is 19.5 Å². The van der Waals surface area contributed by atoms with E-state index >= 15 is 0 Å². The van der Waals surface area contributed by atoms with Crippen LogP contribution in [0.15, 0.2) is 4.79 Å². The highest BCUT2D eigenvalue weighted by Gasteiger charge is 2.08. The lowest BCUT2D eigenvalue weighted by atomic mass is 10.4. The Kier molecular flexibility index (Phi) is 2.44. The van der Waals surface area contributed by atoms with Crippen LogP contribution in [0.1, 0.15) is 19.2 Å². The molecule has 0 atom stereocenters. The average molecular weight is 224 g/mol. The first-order valence-electron chi connectivity index (χ1n) is 4.83. The molecule has 80 valence electrons. The van der Waals surface area contributed by atoms with Gasteiger partial charge < -0.3 is 4.98 Å². The van der Waals surface area contributed by atoms with Gasteiger partial charge in [-0.3, -0.25) is 9.55 Å². The van der Waals surface area contributed by atoms with E-state index in [1.54, 1.807) is 4.57 Å². The Morgan fingerprint density at radius 1 is 1.47 bits per heavy atom. The molecule has 6 heteroatoms. The molecule has 0 saturated heterocycles. The molecule has 0 aromatic carbocycles. The molecule has 2 aromatic heterocycles. The molecule has 2 heterocycles. The third-order valence-corrected chi connectivity index (χ3v) is 2.50. The SMILES string of the molecule is CCCn1c(=O)[nH]c(=S)c2[nH]c(C)nc21. The maximum atomic E-state index is 11.6. The zero-order chi connectivity index (χ0) is 11.0. The molecule has 2 aromatic rings. The van der Waals surface area contributed by atoms with Crippen molar-refractivity contribution >= 4 is 23.4 Å². The molecular weight excluding hydrogens is 212 g/mol. The Hall–Kier alpha value is -1.43. The summed E-state index contributed by atoms with van der Waals surface area (Å²) in [5, 5.41) is 0. The molecule has 2 N–H and O–H groups in total. The Morgan fingerprint density at radius 2 is 2.20 bits per heavy atom. The van der Waals surface area contributed by atoms with Crippen molar-refractivity contribution in [2.45, 2.75) is 26.8 Å². The van der Waals surface area contributed by atoms with E-state index in [-0.39, 0.29) is 5.69 Å². The number of rotatable bonds is 2. The van der Waals surface area contributed by atoms with E-state index < -0.39 is 0 Å². The fourth-order valence-corrected chi connectivity index (χ4v) is 1.82. The van der Waals surface area contributed by atoms with Gasteiger partial charge >= 0.3 is 5.69 Å². The van der Waals surface area contributed by atoms with E-state index in [0.29, 0.717) is 16.8 Å². The summed E-state index contributed by atoms with van der Waals surface area (Å²) in [6, 6.07) is 0. The minimum absolute atomic E-state index is 0.194. The quantitative estimate of drug-likeness (QED) is 0.760. The van der Waals surface area contributed by atoms with Crippen LogP contribution in [0.4, 0.5) is 0 Å². The number of fused-ring (bicyclic) bond motifs is 1. The van der Waals surface area contributed by atoms with Crippen molar-refractivity contribution in [2.75, 3.05) is 0 Å². The van der Waals surface area contributed by atoms with Gasteiger partial charge in [-0.2, -0.15) is 0 Å². The number of nitrogens with zero attached hydrogens (tertiary/aromatic N) is 2. The molecule has 0 aliphatic carbocycles. The van der Waals surface area contributed by atoms with Gasteiger partial charge in [0, 0.05) is 6.54 Å². The van der Waals surface area contributed by atoms with Gasteiger partial charge in [0.25, 0.3) is 0 Å². The van der Waals surface area contributed by atoms with E-state index in [2.05, 4.69) is 15.0 Å². The maximum absolute atomic E-state index is 11.6. The van der Waals surface area contributed by atoms with Gasteiger partial charge in [0.1, 0.15) is 16.0 Å². The highest BCUT2D eigenvalue weighted by molar-refractivity contribution is 7.71. The van der Waals surface area contributed by atoms with Crippen molar-refractivity contribution in [2.24, 2.45) is 0 Å². The van der Waals surface area contributed by atoms with Crippen LogP contribution in [0.25, 0.3) is 11.2 Å². The number of aromatic nitrogens is 4. The first-order valence-corrected chi connectivity index (χ1v) is 5.23. The van der Waals surface area contributed by atoms with Crippen LogP contribution in [0.2, 0.25) is 0 Å². The van der Waals surface area contributed by atoms with Crippen LogP contribution in [0.5, 0.6) is 0 Å². The topological polar surface area (TPSA) is 66.5 Å². The number of nitrogens with one attached hydrogen (secondary N) is 2. The second kappa shape index (κ2) is 3.62. The van der Waals surface area contributed by atoms with Gasteiger partial charge in [-0.15, -0.1) is 0 Å². The molecule has 0 unspecified atom stereocenters. The second-order valence-electron chi connectivity index (χ2n) is 3.43. The predicted octanol–water partition coefficient (Wildman–Crippen LogP) is 1.50. The normalized spacial score (nSPS) is 11.1. The first-order chi connectivity index (χ1) is 7.13. The third-order valence-electron chi connectivity index (χ3n) is 2.20. The van der Waals surface area contributed by atoms with E-state index in [4.69, 9.17) is 12.2 Å². The number of aryl methyl sites for hydroxylation is 2. The molecule has 0 aliphatic rings. The van der Waals surface area contributed by atoms with Gasteiger partial charge in [0.2, 0.25) is 0 Å². The fourth-order valence-electron chi connectivity index (χ4n) is 1.59. The molecule has 0 saturated carbocycles. The molecule has 0 radical (unpaired) electrons. The van der Waals surface area contributed by atoms with Crippen molar-refractivity contribution in [3.63, 3.8) is 0 Å². The van der Waals surface area contributed by atoms with Crippen LogP contribution in [0.3, 0.4) is 0 Å². The van der Waals surface area contributed by atoms with Gasteiger partial charge in [0.15, 0.2) is 5.65 Å². The summed E-state index contributed by atoms with van der Waals surface area (Å²) in [5.74, 6) is 0.764. The molecule has 15 heavy (non-hydrogen) atoms. The number of aromatic amines is 2. The van der Waals surface area contributed by atoms with E-state index in [9.17, 15) is 4.79 Å². The predicted molar refractivity (Wildman–Crippen MR) is 60.6 cm³/mol. The Morgan fingerprint density at radius 3 is 2.87 bits per heavy atom. The second-order valence-corrected chi connectivity index (χ2v) is 3.84. The lowest BCUT2D eigenvalue weighted by Gasteiger charge is -2.03. The fraction of sp³-hybridized carbons (Fsp3) is 0.444. The van der Waals surface area contributed by atoms with Crippen LogP contribution in [0, 0.1) is 11.6 Å². The van der Waals surface area contributed by atoms with Gasteiger partial charge in [0.05, 0.1) is 0 Å².